The minimum Gasteiger partial charge on any atom is -0.497 e. The van der Waals surface area contributed by atoms with Crippen LogP contribution >= 0.6 is 23.2 Å². The number of carbonyl (C=O) groups excluding carboxylic acids is 1. The van der Waals surface area contributed by atoms with Crippen LogP contribution in [0.1, 0.15) is 11.1 Å². The van der Waals surface area contributed by atoms with Gasteiger partial charge in [-0.1, -0.05) is 29.3 Å². The van der Waals surface area contributed by atoms with Gasteiger partial charge < -0.3 is 14.8 Å². The Labute approximate surface area is 190 Å². The van der Waals surface area contributed by atoms with Gasteiger partial charge in [0.15, 0.2) is 6.61 Å². The van der Waals surface area contributed by atoms with E-state index >= 15 is 0 Å². The normalized spacial score (nSPS) is 10.8. The van der Waals surface area contributed by atoms with Gasteiger partial charge in [-0.05, 0) is 77.9 Å². The summed E-state index contributed by atoms with van der Waals surface area (Å²) in [6, 6.07) is 21.3. The number of anilines is 1. The van der Waals surface area contributed by atoms with Gasteiger partial charge >= 0.3 is 0 Å². The molecular weight excluding hydrogens is 435 g/mol. The van der Waals surface area contributed by atoms with Gasteiger partial charge in [-0.2, -0.15) is 5.26 Å². The van der Waals surface area contributed by atoms with E-state index in [0.29, 0.717) is 32.8 Å². The molecule has 5 nitrogen and oxygen atoms in total. The van der Waals surface area contributed by atoms with E-state index in [0.717, 1.165) is 11.1 Å². The minimum absolute atomic E-state index is 0.202. The number of benzene rings is 3. The Hall–Kier alpha value is -3.46. The molecule has 0 fully saturated rings. The molecule has 0 aromatic heterocycles. The van der Waals surface area contributed by atoms with E-state index in [1.807, 2.05) is 12.1 Å². The molecule has 0 radical (unpaired) electrons. The highest BCUT2D eigenvalue weighted by Gasteiger charge is 2.08. The molecule has 3 rings (SSSR count). The van der Waals surface area contributed by atoms with Crippen molar-refractivity contribution in [3.63, 3.8) is 0 Å². The van der Waals surface area contributed by atoms with E-state index in [9.17, 15) is 10.1 Å². The number of rotatable bonds is 7. The fourth-order valence-electron chi connectivity index (χ4n) is 2.71. The smallest absolute Gasteiger partial charge is 0.262 e. The number of nitrogens with zero attached hydrogens (tertiary/aromatic N) is 1. The van der Waals surface area contributed by atoms with Gasteiger partial charge in [-0.15, -0.1) is 0 Å². The zero-order chi connectivity index (χ0) is 22.2. The first-order valence-electron chi connectivity index (χ1n) is 9.22. The lowest BCUT2D eigenvalue weighted by Gasteiger charge is -2.10. The van der Waals surface area contributed by atoms with E-state index in [4.69, 9.17) is 32.7 Å². The van der Waals surface area contributed by atoms with Gasteiger partial charge in [-0.25, -0.2) is 0 Å². The zero-order valence-corrected chi connectivity index (χ0v) is 18.1. The first kappa shape index (κ1) is 22.2. The summed E-state index contributed by atoms with van der Waals surface area (Å²) >= 11 is 12.1. The second kappa shape index (κ2) is 10.5. The number of ether oxygens (including phenoxy) is 2. The molecule has 31 heavy (non-hydrogen) atoms. The first-order chi connectivity index (χ1) is 15.0. The number of amides is 1. The summed E-state index contributed by atoms with van der Waals surface area (Å²) in [4.78, 5) is 12.1. The van der Waals surface area contributed by atoms with Crippen LogP contribution in [0.3, 0.4) is 0 Å². The van der Waals surface area contributed by atoms with Gasteiger partial charge in [0.05, 0.1) is 23.8 Å². The molecule has 0 aliphatic heterocycles. The molecule has 1 amide bonds. The summed E-state index contributed by atoms with van der Waals surface area (Å²) in [5.41, 5.74) is 2.59. The number of hydrogen-bond donors (Lipinski definition) is 1. The van der Waals surface area contributed by atoms with Crippen molar-refractivity contribution in [1.29, 1.82) is 5.26 Å². The highest BCUT2D eigenvalue weighted by molar-refractivity contribution is 6.32. The average molecular weight is 453 g/mol. The largest absolute Gasteiger partial charge is 0.497 e. The molecule has 7 heteroatoms. The van der Waals surface area contributed by atoms with Gasteiger partial charge in [0.2, 0.25) is 0 Å². The lowest BCUT2D eigenvalue weighted by atomic mass is 10.0. The third kappa shape index (κ3) is 6.26. The molecule has 0 aliphatic rings. The molecule has 3 aromatic rings. The quantitative estimate of drug-likeness (QED) is 0.348. The molecule has 0 atom stereocenters. The lowest BCUT2D eigenvalue weighted by Crippen LogP contribution is -2.20. The highest BCUT2D eigenvalue weighted by Crippen LogP contribution is 2.28. The van der Waals surface area contributed by atoms with Crippen molar-refractivity contribution in [2.45, 2.75) is 0 Å². The maximum absolute atomic E-state index is 12.1. The summed E-state index contributed by atoms with van der Waals surface area (Å²) in [6.07, 6.45) is 1.73. The van der Waals surface area contributed by atoms with Crippen molar-refractivity contribution in [3.05, 3.63) is 87.9 Å². The fraction of sp³-hybridized carbons (Fsp3) is 0.0833. The van der Waals surface area contributed by atoms with E-state index in [1.165, 1.54) is 0 Å². The van der Waals surface area contributed by atoms with Crippen LogP contribution in [0, 0.1) is 11.3 Å². The Morgan fingerprint density at radius 1 is 1.06 bits per heavy atom. The van der Waals surface area contributed by atoms with Crippen molar-refractivity contribution < 1.29 is 14.3 Å². The van der Waals surface area contributed by atoms with Crippen LogP contribution in [0.2, 0.25) is 10.0 Å². The highest BCUT2D eigenvalue weighted by atomic mass is 35.5. The summed E-state index contributed by atoms with van der Waals surface area (Å²) in [5, 5.41) is 13.1. The predicted octanol–water partition coefficient (Wildman–Crippen LogP) is 6.08. The van der Waals surface area contributed by atoms with Gasteiger partial charge in [0.1, 0.15) is 11.5 Å². The molecule has 0 unspecified atom stereocenters. The van der Waals surface area contributed by atoms with Crippen LogP contribution in [-0.4, -0.2) is 19.6 Å². The molecule has 1 N–H and O–H groups in total. The van der Waals surface area contributed by atoms with Crippen molar-refractivity contribution >= 4 is 46.4 Å². The van der Waals surface area contributed by atoms with Crippen LogP contribution < -0.4 is 14.8 Å². The topological polar surface area (TPSA) is 71.3 Å². The molecule has 3 aromatic carbocycles. The van der Waals surface area contributed by atoms with Crippen LogP contribution in [0.4, 0.5) is 5.69 Å². The second-order valence-electron chi connectivity index (χ2n) is 6.43. The van der Waals surface area contributed by atoms with Gasteiger partial charge in [0.25, 0.3) is 5.91 Å². The monoisotopic (exact) mass is 452 g/mol. The molecule has 0 saturated heterocycles. The van der Waals surface area contributed by atoms with E-state index < -0.39 is 0 Å². The molecule has 0 saturated carbocycles. The Bertz CT molecular complexity index is 1130. The standard InChI is InChI=1S/C24H18Cl2N2O3/c1-30-21-9-3-17(4-10-21)18(14-27)12-16-2-11-23(22(26)13-16)31-15-24(29)28-20-7-5-19(25)6-8-20/h2-13H,15H2,1H3,(H,28,29)/b18-12+. The number of halogens is 2. The summed E-state index contributed by atoms with van der Waals surface area (Å²) in [6.45, 7) is -0.202. The SMILES string of the molecule is COc1ccc(/C(C#N)=C/c2ccc(OCC(=O)Nc3ccc(Cl)cc3)c(Cl)c2)cc1. The molecule has 0 bridgehead atoms. The molecular formula is C24H18Cl2N2O3. The van der Waals surface area contributed by atoms with E-state index in [2.05, 4.69) is 11.4 Å². The van der Waals surface area contributed by atoms with Crippen LogP contribution in [0.15, 0.2) is 66.7 Å². The summed E-state index contributed by atoms with van der Waals surface area (Å²) in [5.74, 6) is 0.757. The van der Waals surface area contributed by atoms with Crippen LogP contribution in [0.5, 0.6) is 11.5 Å². The number of allylic oxidation sites excluding steroid dienone is 1. The Kier molecular flexibility index (Phi) is 7.55. The van der Waals surface area contributed by atoms with Crippen molar-refractivity contribution in [2.24, 2.45) is 0 Å². The predicted molar refractivity (Wildman–Crippen MR) is 124 cm³/mol. The third-order valence-electron chi connectivity index (χ3n) is 4.28. The zero-order valence-electron chi connectivity index (χ0n) is 16.6. The number of methoxy groups -OCH3 is 1. The Balaban J connectivity index is 1.65. The van der Waals surface area contributed by atoms with Crippen molar-refractivity contribution in [3.8, 4) is 17.6 Å². The molecule has 0 spiro atoms. The summed E-state index contributed by atoms with van der Waals surface area (Å²) in [7, 11) is 1.59. The van der Waals surface area contributed by atoms with Crippen LogP contribution in [-0.2, 0) is 4.79 Å². The summed E-state index contributed by atoms with van der Waals surface area (Å²) < 4.78 is 10.7. The van der Waals surface area contributed by atoms with Crippen LogP contribution in [0.25, 0.3) is 11.6 Å². The van der Waals surface area contributed by atoms with Crippen molar-refractivity contribution in [1.82, 2.24) is 0 Å². The van der Waals surface area contributed by atoms with Gasteiger partial charge in [-0.3, -0.25) is 4.79 Å². The third-order valence-corrected chi connectivity index (χ3v) is 4.82. The first-order valence-corrected chi connectivity index (χ1v) is 9.98. The maximum Gasteiger partial charge on any atom is 0.262 e. The molecule has 0 heterocycles. The number of carbonyl (C=O) groups is 1. The van der Waals surface area contributed by atoms with Gasteiger partial charge in [0, 0.05) is 10.7 Å². The average Bonchev–Trinajstić information content (AvgIpc) is 2.78. The van der Waals surface area contributed by atoms with E-state index in [-0.39, 0.29) is 12.5 Å². The number of nitriles is 1. The lowest BCUT2D eigenvalue weighted by molar-refractivity contribution is -0.118. The Morgan fingerprint density at radius 2 is 1.77 bits per heavy atom. The second-order valence-corrected chi connectivity index (χ2v) is 7.28. The minimum atomic E-state index is -0.325. The fourth-order valence-corrected chi connectivity index (χ4v) is 3.08. The van der Waals surface area contributed by atoms with E-state index in [1.54, 1.807) is 67.8 Å². The maximum atomic E-state index is 12.1. The van der Waals surface area contributed by atoms with Crippen molar-refractivity contribution in [2.75, 3.05) is 19.0 Å². The number of hydrogen-bond acceptors (Lipinski definition) is 4. The molecule has 156 valence electrons. The molecule has 0 aliphatic carbocycles. The number of nitrogens with one attached hydrogen (secondary N) is 1. The Morgan fingerprint density at radius 3 is 2.39 bits per heavy atom.